The van der Waals surface area contributed by atoms with Crippen LogP contribution in [-0.4, -0.2) is 15.0 Å². The van der Waals surface area contributed by atoms with E-state index in [9.17, 15) is 0 Å². The highest BCUT2D eigenvalue weighted by atomic mass is 14.9. The lowest BCUT2D eigenvalue weighted by Crippen LogP contribution is -1.96. The Labute approximate surface area is 105 Å². The summed E-state index contributed by atoms with van der Waals surface area (Å²) < 4.78 is 0. The number of rotatable bonds is 2. The molecule has 3 rings (SSSR count). The number of aromatic nitrogens is 3. The summed E-state index contributed by atoms with van der Waals surface area (Å²) in [4.78, 5) is 11.8. The van der Waals surface area contributed by atoms with Crippen LogP contribution in [0.5, 0.6) is 0 Å². The van der Waals surface area contributed by atoms with Crippen molar-refractivity contribution in [1.82, 2.24) is 15.0 Å². The van der Waals surface area contributed by atoms with E-state index in [0.29, 0.717) is 6.54 Å². The molecule has 3 N–H and O–H groups in total. The molecule has 0 spiro atoms. The molecule has 0 fully saturated rings. The highest BCUT2D eigenvalue weighted by molar-refractivity contribution is 5.93. The van der Waals surface area contributed by atoms with Gasteiger partial charge in [-0.1, -0.05) is 29.8 Å². The van der Waals surface area contributed by atoms with Gasteiger partial charge >= 0.3 is 0 Å². The number of aromatic amines is 1. The second kappa shape index (κ2) is 4.23. The predicted molar refractivity (Wildman–Crippen MR) is 72.0 cm³/mol. The minimum atomic E-state index is 0.478. The van der Waals surface area contributed by atoms with Crippen molar-refractivity contribution in [3.05, 3.63) is 47.9 Å². The zero-order valence-corrected chi connectivity index (χ0v) is 10.1. The third kappa shape index (κ3) is 1.67. The molecule has 0 radical (unpaired) electrons. The fraction of sp³-hybridized carbons (Fsp3) is 0.143. The minimum absolute atomic E-state index is 0.478. The van der Waals surface area contributed by atoms with E-state index in [1.165, 1.54) is 5.56 Å². The van der Waals surface area contributed by atoms with Gasteiger partial charge in [0, 0.05) is 23.7 Å². The molecule has 18 heavy (non-hydrogen) atoms. The van der Waals surface area contributed by atoms with Crippen molar-refractivity contribution < 1.29 is 0 Å². The number of nitrogens with zero attached hydrogens (tertiary/aromatic N) is 2. The van der Waals surface area contributed by atoms with Gasteiger partial charge in [0.25, 0.3) is 0 Å². The lowest BCUT2D eigenvalue weighted by atomic mass is 10.1. The summed E-state index contributed by atoms with van der Waals surface area (Å²) in [7, 11) is 0. The second-order valence-corrected chi connectivity index (χ2v) is 4.33. The third-order valence-electron chi connectivity index (χ3n) is 3.10. The fourth-order valence-corrected chi connectivity index (χ4v) is 2.12. The molecule has 2 aromatic heterocycles. The number of benzene rings is 1. The molecule has 2 heterocycles. The molecule has 0 unspecified atom stereocenters. The molecule has 0 saturated carbocycles. The highest BCUT2D eigenvalue weighted by Gasteiger charge is 2.11. The molecule has 0 amide bonds. The van der Waals surface area contributed by atoms with Crippen LogP contribution in [0.4, 0.5) is 0 Å². The second-order valence-electron chi connectivity index (χ2n) is 4.33. The Hall–Kier alpha value is -2.20. The molecule has 0 aliphatic carbocycles. The summed E-state index contributed by atoms with van der Waals surface area (Å²) in [5, 5.41) is 1.02. The first kappa shape index (κ1) is 10.9. The highest BCUT2D eigenvalue weighted by Crippen LogP contribution is 2.27. The SMILES string of the molecule is Cc1ccc(-c2ncnc3[nH]cc(CN)c23)cc1. The number of H-pyrrole nitrogens is 1. The number of hydrogen-bond donors (Lipinski definition) is 2. The zero-order chi connectivity index (χ0) is 12.5. The van der Waals surface area contributed by atoms with Crippen molar-refractivity contribution in [3.63, 3.8) is 0 Å². The van der Waals surface area contributed by atoms with E-state index in [-0.39, 0.29) is 0 Å². The molecule has 0 aliphatic heterocycles. The topological polar surface area (TPSA) is 67.6 Å². The molecule has 3 aromatic rings. The smallest absolute Gasteiger partial charge is 0.141 e. The molecular weight excluding hydrogens is 224 g/mol. The van der Waals surface area contributed by atoms with Gasteiger partial charge in [-0.25, -0.2) is 9.97 Å². The minimum Gasteiger partial charge on any atom is -0.346 e. The van der Waals surface area contributed by atoms with E-state index in [2.05, 4.69) is 46.1 Å². The van der Waals surface area contributed by atoms with Gasteiger partial charge in [-0.05, 0) is 12.5 Å². The number of nitrogens with two attached hydrogens (primary N) is 1. The maximum absolute atomic E-state index is 5.76. The Kier molecular flexibility index (Phi) is 2.57. The zero-order valence-electron chi connectivity index (χ0n) is 10.1. The van der Waals surface area contributed by atoms with E-state index in [1.807, 2.05) is 6.20 Å². The molecule has 4 heteroatoms. The lowest BCUT2D eigenvalue weighted by Gasteiger charge is -2.04. The largest absolute Gasteiger partial charge is 0.346 e. The van der Waals surface area contributed by atoms with Crippen molar-refractivity contribution in [2.24, 2.45) is 5.73 Å². The van der Waals surface area contributed by atoms with Crippen LogP contribution >= 0.6 is 0 Å². The number of hydrogen-bond acceptors (Lipinski definition) is 3. The van der Waals surface area contributed by atoms with Crippen LogP contribution in [-0.2, 0) is 6.54 Å². The number of fused-ring (bicyclic) bond motifs is 1. The van der Waals surface area contributed by atoms with Crippen molar-refractivity contribution >= 4 is 11.0 Å². The van der Waals surface area contributed by atoms with Gasteiger partial charge in [0.1, 0.15) is 12.0 Å². The van der Waals surface area contributed by atoms with Crippen LogP contribution in [0, 0.1) is 6.92 Å². The molecule has 4 nitrogen and oxygen atoms in total. The summed E-state index contributed by atoms with van der Waals surface area (Å²) in [5.74, 6) is 0. The van der Waals surface area contributed by atoms with Gasteiger partial charge in [-0.3, -0.25) is 0 Å². The Bertz CT molecular complexity index is 683. The van der Waals surface area contributed by atoms with Crippen molar-refractivity contribution in [2.45, 2.75) is 13.5 Å². The van der Waals surface area contributed by atoms with Crippen molar-refractivity contribution in [1.29, 1.82) is 0 Å². The Morgan fingerprint density at radius 1 is 1.17 bits per heavy atom. The maximum Gasteiger partial charge on any atom is 0.141 e. The Morgan fingerprint density at radius 3 is 2.67 bits per heavy atom. The van der Waals surface area contributed by atoms with Gasteiger partial charge in [0.05, 0.1) is 5.69 Å². The summed E-state index contributed by atoms with van der Waals surface area (Å²) in [5.41, 5.74) is 10.9. The van der Waals surface area contributed by atoms with Crippen LogP contribution in [0.1, 0.15) is 11.1 Å². The summed E-state index contributed by atoms with van der Waals surface area (Å²) in [6, 6.07) is 8.31. The molecular formula is C14H14N4. The van der Waals surface area contributed by atoms with Crippen molar-refractivity contribution in [2.75, 3.05) is 0 Å². The van der Waals surface area contributed by atoms with E-state index < -0.39 is 0 Å². The molecule has 0 saturated heterocycles. The van der Waals surface area contributed by atoms with Crippen molar-refractivity contribution in [3.8, 4) is 11.3 Å². The molecule has 1 aromatic carbocycles. The average Bonchev–Trinajstić information content (AvgIpc) is 2.82. The number of aryl methyl sites for hydroxylation is 1. The van der Waals surface area contributed by atoms with Gasteiger partial charge < -0.3 is 10.7 Å². The van der Waals surface area contributed by atoms with Crippen LogP contribution in [0.3, 0.4) is 0 Å². The Balaban J connectivity index is 2.28. The lowest BCUT2D eigenvalue weighted by molar-refractivity contribution is 1.08. The molecule has 90 valence electrons. The molecule has 0 aliphatic rings. The molecule has 0 atom stereocenters. The van der Waals surface area contributed by atoms with Crippen LogP contribution in [0.15, 0.2) is 36.8 Å². The average molecular weight is 238 g/mol. The quantitative estimate of drug-likeness (QED) is 0.720. The fourth-order valence-electron chi connectivity index (χ4n) is 2.12. The Morgan fingerprint density at radius 2 is 1.94 bits per heavy atom. The normalized spacial score (nSPS) is 11.0. The van der Waals surface area contributed by atoms with E-state index in [0.717, 1.165) is 27.9 Å². The van der Waals surface area contributed by atoms with E-state index >= 15 is 0 Å². The van der Waals surface area contributed by atoms with Crippen LogP contribution in [0.2, 0.25) is 0 Å². The third-order valence-corrected chi connectivity index (χ3v) is 3.10. The van der Waals surface area contributed by atoms with E-state index in [1.54, 1.807) is 6.33 Å². The van der Waals surface area contributed by atoms with Crippen LogP contribution in [0.25, 0.3) is 22.3 Å². The van der Waals surface area contributed by atoms with Gasteiger partial charge in [-0.2, -0.15) is 0 Å². The maximum atomic E-state index is 5.76. The monoisotopic (exact) mass is 238 g/mol. The van der Waals surface area contributed by atoms with E-state index in [4.69, 9.17) is 5.73 Å². The van der Waals surface area contributed by atoms with Crippen LogP contribution < -0.4 is 5.73 Å². The first-order chi connectivity index (χ1) is 8.79. The first-order valence-electron chi connectivity index (χ1n) is 5.87. The summed E-state index contributed by atoms with van der Waals surface area (Å²) in [6.07, 6.45) is 3.48. The van der Waals surface area contributed by atoms with Gasteiger partial charge in [0.15, 0.2) is 0 Å². The van der Waals surface area contributed by atoms with Gasteiger partial charge in [-0.15, -0.1) is 0 Å². The standard InChI is InChI=1S/C14H14N4/c1-9-2-4-10(5-3-9)13-12-11(6-15)7-16-14(12)18-8-17-13/h2-5,7-8H,6,15H2,1H3,(H,16,17,18). The predicted octanol–water partition coefficient (Wildman–Crippen LogP) is 2.39. The summed E-state index contributed by atoms with van der Waals surface area (Å²) >= 11 is 0. The molecule has 0 bridgehead atoms. The first-order valence-corrected chi connectivity index (χ1v) is 5.87. The van der Waals surface area contributed by atoms with Gasteiger partial charge in [0.2, 0.25) is 0 Å². The number of nitrogens with one attached hydrogen (secondary N) is 1. The summed E-state index contributed by atoms with van der Waals surface area (Å²) in [6.45, 7) is 2.55.